The fourth-order valence-corrected chi connectivity index (χ4v) is 4.39. The number of carbonyl (C=O) groups is 1. The second kappa shape index (κ2) is 9.85. The van der Waals surface area contributed by atoms with Crippen LogP contribution in [-0.4, -0.2) is 52.2 Å². The first kappa shape index (κ1) is 23.3. The van der Waals surface area contributed by atoms with E-state index in [1.54, 1.807) is 6.92 Å². The Bertz CT molecular complexity index is 986. The highest BCUT2D eigenvalue weighted by molar-refractivity contribution is 9.10. The third-order valence-corrected chi connectivity index (χ3v) is 6.16. The SMILES string of the molecule is CC(=O)C=C(O)c1c(O)cc(OCc2ccc(Br)cc2)c(C2CCN(C)CC2O)c1C. The predicted molar refractivity (Wildman–Crippen MR) is 123 cm³/mol. The van der Waals surface area contributed by atoms with Gasteiger partial charge in [0, 0.05) is 34.6 Å². The van der Waals surface area contributed by atoms with E-state index < -0.39 is 6.10 Å². The standard InChI is InChI=1S/C24H28BrNO5/c1-14(27)10-19(28)24-15(2)23(18-8-9-26(3)12-21(18)30)22(11-20(24)29)31-13-16-4-6-17(25)7-5-16/h4-7,10-11,18,21,28-30H,8-9,12-13H2,1-3H3. The van der Waals surface area contributed by atoms with Crippen molar-refractivity contribution in [2.45, 2.75) is 38.9 Å². The van der Waals surface area contributed by atoms with Crippen LogP contribution in [0.25, 0.3) is 5.76 Å². The Hall–Kier alpha value is -2.35. The van der Waals surface area contributed by atoms with Crippen LogP contribution in [0.1, 0.15) is 41.5 Å². The number of likely N-dealkylation sites (N-methyl/N-ethyl adjacent to an activating group) is 1. The average molecular weight is 490 g/mol. The quantitative estimate of drug-likeness (QED) is 0.413. The summed E-state index contributed by atoms with van der Waals surface area (Å²) in [6.07, 6.45) is 1.16. The van der Waals surface area contributed by atoms with Gasteiger partial charge in [0.1, 0.15) is 23.9 Å². The highest BCUT2D eigenvalue weighted by atomic mass is 79.9. The van der Waals surface area contributed by atoms with Crippen molar-refractivity contribution in [2.24, 2.45) is 0 Å². The average Bonchev–Trinajstić information content (AvgIpc) is 2.68. The molecule has 31 heavy (non-hydrogen) atoms. The van der Waals surface area contributed by atoms with Crippen LogP contribution in [0.15, 0.2) is 40.9 Å². The van der Waals surface area contributed by atoms with E-state index in [0.29, 0.717) is 24.3 Å². The molecule has 2 atom stereocenters. The molecule has 0 saturated carbocycles. The molecule has 1 heterocycles. The smallest absolute Gasteiger partial charge is 0.156 e. The fourth-order valence-electron chi connectivity index (χ4n) is 4.12. The molecular weight excluding hydrogens is 462 g/mol. The summed E-state index contributed by atoms with van der Waals surface area (Å²) < 4.78 is 7.07. The van der Waals surface area contributed by atoms with Crippen LogP contribution < -0.4 is 4.74 Å². The minimum atomic E-state index is -0.621. The maximum absolute atomic E-state index is 11.5. The van der Waals surface area contributed by atoms with E-state index in [1.807, 2.05) is 31.3 Å². The largest absolute Gasteiger partial charge is 0.507 e. The zero-order valence-electron chi connectivity index (χ0n) is 17.9. The zero-order chi connectivity index (χ0) is 22.7. The Balaban J connectivity index is 2.05. The molecule has 0 aromatic heterocycles. The Kier molecular flexibility index (Phi) is 7.41. The number of allylic oxidation sites excluding steroid dienone is 1. The lowest BCUT2D eigenvalue weighted by atomic mass is 9.82. The third kappa shape index (κ3) is 5.47. The van der Waals surface area contributed by atoms with E-state index in [4.69, 9.17) is 4.74 Å². The Morgan fingerprint density at radius 3 is 2.61 bits per heavy atom. The van der Waals surface area contributed by atoms with Crippen molar-refractivity contribution < 1.29 is 24.9 Å². The molecule has 1 aliphatic rings. The van der Waals surface area contributed by atoms with Gasteiger partial charge in [0.25, 0.3) is 0 Å². The van der Waals surface area contributed by atoms with E-state index in [-0.39, 0.29) is 35.4 Å². The summed E-state index contributed by atoms with van der Waals surface area (Å²) in [5, 5.41) is 31.9. The molecule has 1 fully saturated rings. The molecule has 2 unspecified atom stereocenters. The van der Waals surface area contributed by atoms with Crippen LogP contribution in [-0.2, 0) is 11.4 Å². The topological polar surface area (TPSA) is 90.2 Å². The lowest BCUT2D eigenvalue weighted by Gasteiger charge is -2.36. The van der Waals surface area contributed by atoms with E-state index in [0.717, 1.165) is 28.2 Å². The van der Waals surface area contributed by atoms with Crippen LogP contribution in [0, 0.1) is 6.92 Å². The van der Waals surface area contributed by atoms with Gasteiger partial charge in [-0.05, 0) is 57.1 Å². The number of phenolic OH excluding ortho intramolecular Hbond substituents is 1. The number of phenols is 1. The number of ketones is 1. The fraction of sp³-hybridized carbons (Fsp3) is 0.375. The molecule has 6 nitrogen and oxygen atoms in total. The van der Waals surface area contributed by atoms with Crippen molar-refractivity contribution in [3.05, 3.63) is 63.1 Å². The number of aliphatic hydroxyl groups excluding tert-OH is 2. The number of halogens is 1. The summed E-state index contributed by atoms with van der Waals surface area (Å²) in [7, 11) is 1.96. The molecule has 0 amide bonds. The first-order valence-electron chi connectivity index (χ1n) is 10.2. The van der Waals surface area contributed by atoms with Crippen LogP contribution in [0.3, 0.4) is 0 Å². The van der Waals surface area contributed by atoms with Crippen LogP contribution in [0.5, 0.6) is 11.5 Å². The molecule has 1 saturated heterocycles. The molecular formula is C24H28BrNO5. The Labute approximate surface area is 190 Å². The zero-order valence-corrected chi connectivity index (χ0v) is 19.5. The van der Waals surface area contributed by atoms with E-state index in [1.165, 1.54) is 13.0 Å². The highest BCUT2D eigenvalue weighted by Gasteiger charge is 2.33. The molecule has 0 spiro atoms. The van der Waals surface area contributed by atoms with Gasteiger partial charge >= 0.3 is 0 Å². The van der Waals surface area contributed by atoms with E-state index in [9.17, 15) is 20.1 Å². The number of aromatic hydroxyl groups is 1. The van der Waals surface area contributed by atoms with Gasteiger partial charge in [-0.2, -0.15) is 0 Å². The van der Waals surface area contributed by atoms with Gasteiger partial charge < -0.3 is 25.0 Å². The van der Waals surface area contributed by atoms with Gasteiger partial charge in [0.15, 0.2) is 5.78 Å². The number of nitrogens with zero attached hydrogens (tertiary/aromatic N) is 1. The molecule has 2 aromatic rings. The number of likely N-dealkylation sites (tertiary alicyclic amines) is 1. The van der Waals surface area contributed by atoms with Gasteiger partial charge in [-0.15, -0.1) is 0 Å². The van der Waals surface area contributed by atoms with Crippen molar-refractivity contribution in [3.63, 3.8) is 0 Å². The number of hydrogen-bond acceptors (Lipinski definition) is 6. The van der Waals surface area contributed by atoms with Crippen LogP contribution >= 0.6 is 15.9 Å². The van der Waals surface area contributed by atoms with Gasteiger partial charge in [-0.25, -0.2) is 0 Å². The Morgan fingerprint density at radius 1 is 1.32 bits per heavy atom. The van der Waals surface area contributed by atoms with Gasteiger partial charge in [-0.1, -0.05) is 28.1 Å². The van der Waals surface area contributed by atoms with Gasteiger partial charge in [0.2, 0.25) is 0 Å². The molecule has 0 radical (unpaired) electrons. The number of carbonyl (C=O) groups excluding carboxylic acids is 1. The molecule has 1 aliphatic heterocycles. The summed E-state index contributed by atoms with van der Waals surface area (Å²) in [5.74, 6) is -0.561. The lowest BCUT2D eigenvalue weighted by Crippen LogP contribution is -2.40. The number of aliphatic hydroxyl groups is 2. The number of hydrogen-bond donors (Lipinski definition) is 3. The molecule has 3 rings (SSSR count). The second-order valence-corrected chi connectivity index (χ2v) is 9.00. The second-order valence-electron chi connectivity index (χ2n) is 8.09. The maximum Gasteiger partial charge on any atom is 0.156 e. The van der Waals surface area contributed by atoms with Gasteiger partial charge in [0.05, 0.1) is 11.7 Å². The summed E-state index contributed by atoms with van der Waals surface area (Å²) in [5.41, 5.74) is 2.48. The van der Waals surface area contributed by atoms with E-state index >= 15 is 0 Å². The molecule has 166 valence electrons. The van der Waals surface area contributed by atoms with Crippen LogP contribution in [0.2, 0.25) is 0 Å². The minimum Gasteiger partial charge on any atom is -0.507 e. The maximum atomic E-state index is 11.5. The molecule has 0 aliphatic carbocycles. The first-order chi connectivity index (χ1) is 14.7. The number of β-amino-alcohol motifs (C(OH)–C–C–N with tert-alkyl or cyclic N) is 1. The van der Waals surface area contributed by atoms with Crippen molar-refractivity contribution >= 4 is 27.5 Å². The normalized spacial score (nSPS) is 20.0. The predicted octanol–water partition coefficient (Wildman–Crippen LogP) is 4.31. The van der Waals surface area contributed by atoms with Crippen molar-refractivity contribution in [1.29, 1.82) is 0 Å². The first-order valence-corrected chi connectivity index (χ1v) is 11.0. The lowest BCUT2D eigenvalue weighted by molar-refractivity contribution is -0.112. The van der Waals surface area contributed by atoms with Crippen molar-refractivity contribution in [2.75, 3.05) is 20.1 Å². The summed E-state index contributed by atoms with van der Waals surface area (Å²) in [6.45, 7) is 4.71. The number of benzene rings is 2. The van der Waals surface area contributed by atoms with Crippen LogP contribution in [0.4, 0.5) is 0 Å². The summed E-state index contributed by atoms with van der Waals surface area (Å²) in [4.78, 5) is 13.5. The summed E-state index contributed by atoms with van der Waals surface area (Å²) >= 11 is 3.42. The monoisotopic (exact) mass is 489 g/mol. The number of rotatable bonds is 6. The highest BCUT2D eigenvalue weighted by Crippen LogP contribution is 2.43. The number of ether oxygens (including phenoxy) is 1. The van der Waals surface area contributed by atoms with Crippen molar-refractivity contribution in [3.8, 4) is 11.5 Å². The van der Waals surface area contributed by atoms with E-state index in [2.05, 4.69) is 20.8 Å². The minimum absolute atomic E-state index is 0.176. The molecule has 7 heteroatoms. The van der Waals surface area contributed by atoms with Crippen molar-refractivity contribution in [1.82, 2.24) is 4.90 Å². The Morgan fingerprint density at radius 2 is 2.00 bits per heavy atom. The molecule has 3 N–H and O–H groups in total. The number of piperidine rings is 1. The summed E-state index contributed by atoms with van der Waals surface area (Å²) in [6, 6.07) is 9.20. The van der Waals surface area contributed by atoms with Gasteiger partial charge in [-0.3, -0.25) is 4.79 Å². The third-order valence-electron chi connectivity index (χ3n) is 5.63. The molecule has 0 bridgehead atoms. The molecule has 2 aromatic carbocycles.